The van der Waals surface area contributed by atoms with Gasteiger partial charge in [0.25, 0.3) is 0 Å². The summed E-state index contributed by atoms with van der Waals surface area (Å²) in [7, 11) is 0. The number of imidazole rings is 1. The molecule has 0 fully saturated rings. The highest BCUT2D eigenvalue weighted by Gasteiger charge is 2.07. The van der Waals surface area contributed by atoms with Crippen LogP contribution in [0.5, 0.6) is 0 Å². The van der Waals surface area contributed by atoms with Gasteiger partial charge in [-0.3, -0.25) is 9.20 Å². The van der Waals surface area contributed by atoms with Gasteiger partial charge < -0.3 is 4.42 Å². The van der Waals surface area contributed by atoms with Crippen molar-refractivity contribution in [2.45, 2.75) is 0 Å². The van der Waals surface area contributed by atoms with Crippen molar-refractivity contribution in [1.29, 1.82) is 0 Å². The third-order valence-corrected chi connectivity index (χ3v) is 3.44. The Morgan fingerprint density at radius 2 is 1.86 bits per heavy atom. The molecule has 106 valence electrons. The predicted molar refractivity (Wildman–Crippen MR) is 81.5 cm³/mol. The summed E-state index contributed by atoms with van der Waals surface area (Å²) in [6.07, 6.45) is 6.27. The van der Waals surface area contributed by atoms with E-state index in [1.165, 1.54) is 0 Å². The lowest BCUT2D eigenvalue weighted by atomic mass is 10.1. The second-order valence-electron chi connectivity index (χ2n) is 4.85. The van der Waals surface area contributed by atoms with E-state index < -0.39 is 0 Å². The Labute approximate surface area is 125 Å². The summed E-state index contributed by atoms with van der Waals surface area (Å²) in [5, 5.41) is 0. The van der Waals surface area contributed by atoms with E-state index in [1.54, 1.807) is 18.3 Å². The molecule has 0 amide bonds. The zero-order valence-electron chi connectivity index (χ0n) is 11.5. The van der Waals surface area contributed by atoms with E-state index in [4.69, 9.17) is 4.42 Å². The molecule has 0 bridgehead atoms. The summed E-state index contributed by atoms with van der Waals surface area (Å²) in [5.41, 5.74) is 2.77. The molecule has 0 aliphatic carbocycles. The summed E-state index contributed by atoms with van der Waals surface area (Å²) in [6.45, 7) is 0. The van der Waals surface area contributed by atoms with Crippen molar-refractivity contribution in [2.75, 3.05) is 0 Å². The largest absolute Gasteiger partial charge is 0.453 e. The van der Waals surface area contributed by atoms with Crippen LogP contribution in [-0.2, 0) is 0 Å². The van der Waals surface area contributed by atoms with E-state index in [1.807, 2.05) is 47.1 Å². The number of rotatable bonds is 3. The first-order valence-electron chi connectivity index (χ1n) is 6.79. The summed E-state index contributed by atoms with van der Waals surface area (Å²) in [5.74, 6) is 1.67. The topological polar surface area (TPSA) is 60.4 Å². The number of carbonyl (C=O) groups excluding carboxylic acids is 1. The molecule has 0 radical (unpaired) electrons. The lowest BCUT2D eigenvalue weighted by molar-refractivity contribution is 0.110. The summed E-state index contributed by atoms with van der Waals surface area (Å²) in [6, 6.07) is 13.1. The van der Waals surface area contributed by atoms with Crippen molar-refractivity contribution in [2.24, 2.45) is 0 Å². The summed E-state index contributed by atoms with van der Waals surface area (Å²) >= 11 is 0. The number of nitrogens with zero attached hydrogens (tertiary/aromatic N) is 3. The first kappa shape index (κ1) is 12.5. The molecule has 0 saturated carbocycles. The van der Waals surface area contributed by atoms with E-state index in [0.717, 1.165) is 16.8 Å². The Hall–Kier alpha value is -3.21. The molecule has 0 aliphatic heterocycles. The summed E-state index contributed by atoms with van der Waals surface area (Å²) < 4.78 is 7.30. The molecule has 3 aromatic heterocycles. The smallest absolute Gasteiger partial charge is 0.234 e. The number of aromatic nitrogens is 3. The normalized spacial score (nSPS) is 10.9. The van der Waals surface area contributed by atoms with Gasteiger partial charge in [-0.1, -0.05) is 24.3 Å². The number of hydrogen-bond donors (Lipinski definition) is 0. The Morgan fingerprint density at radius 1 is 1.05 bits per heavy atom. The molecule has 0 N–H and O–H groups in total. The van der Waals surface area contributed by atoms with Crippen LogP contribution in [0.4, 0.5) is 0 Å². The van der Waals surface area contributed by atoms with Crippen LogP contribution in [0, 0.1) is 0 Å². The van der Waals surface area contributed by atoms with E-state index in [2.05, 4.69) is 9.97 Å². The molecule has 4 rings (SSSR count). The number of aldehydes is 1. The molecule has 5 nitrogen and oxygen atoms in total. The zero-order chi connectivity index (χ0) is 14.9. The monoisotopic (exact) mass is 289 g/mol. The highest BCUT2D eigenvalue weighted by molar-refractivity contribution is 5.73. The van der Waals surface area contributed by atoms with Gasteiger partial charge in [0.05, 0.1) is 5.69 Å². The third-order valence-electron chi connectivity index (χ3n) is 3.44. The second kappa shape index (κ2) is 4.96. The molecule has 1 aromatic carbocycles. The maximum atomic E-state index is 10.7. The first-order valence-corrected chi connectivity index (χ1v) is 6.79. The van der Waals surface area contributed by atoms with Crippen LogP contribution in [0.15, 0.2) is 65.5 Å². The van der Waals surface area contributed by atoms with Crippen LogP contribution in [-0.4, -0.2) is 20.7 Å². The maximum absolute atomic E-state index is 10.7. The number of benzene rings is 1. The highest BCUT2D eigenvalue weighted by atomic mass is 16.3. The minimum Gasteiger partial charge on any atom is -0.453 e. The van der Waals surface area contributed by atoms with Crippen molar-refractivity contribution < 1.29 is 9.21 Å². The molecule has 0 spiro atoms. The fourth-order valence-electron chi connectivity index (χ4n) is 2.35. The number of furan rings is 1. The van der Waals surface area contributed by atoms with E-state index >= 15 is 0 Å². The van der Waals surface area contributed by atoms with E-state index in [0.29, 0.717) is 23.6 Å². The van der Waals surface area contributed by atoms with Gasteiger partial charge in [-0.15, -0.1) is 0 Å². The number of hydrogen-bond acceptors (Lipinski definition) is 4. The van der Waals surface area contributed by atoms with Gasteiger partial charge in [-0.05, 0) is 18.2 Å². The third kappa shape index (κ3) is 2.09. The quantitative estimate of drug-likeness (QED) is 0.542. The van der Waals surface area contributed by atoms with Crippen molar-refractivity contribution in [3.63, 3.8) is 0 Å². The Balaban J connectivity index is 1.70. The Bertz CT molecular complexity index is 918. The summed E-state index contributed by atoms with van der Waals surface area (Å²) in [4.78, 5) is 19.4. The molecular weight excluding hydrogens is 278 g/mol. The fraction of sp³-hybridized carbons (Fsp3) is 0. The van der Waals surface area contributed by atoms with E-state index in [-0.39, 0.29) is 0 Å². The van der Waals surface area contributed by atoms with Crippen LogP contribution in [0.1, 0.15) is 10.6 Å². The van der Waals surface area contributed by atoms with Gasteiger partial charge in [0.2, 0.25) is 5.78 Å². The van der Waals surface area contributed by atoms with Crippen LogP contribution in [0.3, 0.4) is 0 Å². The fourth-order valence-corrected chi connectivity index (χ4v) is 2.35. The molecular formula is C17H11N3O2. The molecule has 5 heteroatoms. The van der Waals surface area contributed by atoms with Gasteiger partial charge in [-0.2, -0.15) is 0 Å². The predicted octanol–water partition coefficient (Wildman–Crippen LogP) is 3.47. The minimum absolute atomic E-state index is 0.325. The Morgan fingerprint density at radius 3 is 2.59 bits per heavy atom. The van der Waals surface area contributed by atoms with Crippen molar-refractivity contribution in [3.05, 3.63) is 66.8 Å². The molecule has 4 aromatic rings. The molecule has 3 heterocycles. The molecule has 0 aliphatic rings. The first-order chi connectivity index (χ1) is 10.8. The zero-order valence-corrected chi connectivity index (χ0v) is 11.5. The van der Waals surface area contributed by atoms with Crippen LogP contribution < -0.4 is 0 Å². The molecule has 0 saturated heterocycles. The lowest BCUT2D eigenvalue weighted by Gasteiger charge is -1.99. The second-order valence-corrected chi connectivity index (χ2v) is 4.85. The van der Waals surface area contributed by atoms with Crippen LogP contribution in [0.2, 0.25) is 0 Å². The van der Waals surface area contributed by atoms with Gasteiger partial charge in [-0.25, -0.2) is 9.97 Å². The Kier molecular flexibility index (Phi) is 2.83. The molecule has 0 unspecified atom stereocenters. The minimum atomic E-state index is 0.325. The van der Waals surface area contributed by atoms with Gasteiger partial charge >= 0.3 is 0 Å². The molecule has 22 heavy (non-hydrogen) atoms. The van der Waals surface area contributed by atoms with Crippen LogP contribution in [0.25, 0.3) is 28.4 Å². The molecule has 0 atom stereocenters. The van der Waals surface area contributed by atoms with Crippen LogP contribution >= 0.6 is 0 Å². The highest BCUT2D eigenvalue weighted by Crippen LogP contribution is 2.25. The number of carbonyl (C=O) groups is 1. The standard InChI is InChI=1S/C17H11N3O2/c21-11-14-6-7-16(22-14)13-4-2-12(3-5-13)15-10-20-9-1-8-18-17(20)19-15/h1-11H. The van der Waals surface area contributed by atoms with Crippen molar-refractivity contribution in [1.82, 2.24) is 14.4 Å². The van der Waals surface area contributed by atoms with Crippen molar-refractivity contribution >= 4 is 12.1 Å². The van der Waals surface area contributed by atoms with Gasteiger partial charge in [0, 0.05) is 29.7 Å². The van der Waals surface area contributed by atoms with Gasteiger partial charge in [0.1, 0.15) is 5.76 Å². The van der Waals surface area contributed by atoms with Gasteiger partial charge in [0.15, 0.2) is 12.0 Å². The average Bonchev–Trinajstić information content (AvgIpc) is 3.21. The average molecular weight is 289 g/mol. The maximum Gasteiger partial charge on any atom is 0.234 e. The SMILES string of the molecule is O=Cc1ccc(-c2ccc(-c3cn4cccnc4n3)cc2)o1. The van der Waals surface area contributed by atoms with E-state index in [9.17, 15) is 4.79 Å². The number of fused-ring (bicyclic) bond motifs is 1. The van der Waals surface area contributed by atoms with Crippen molar-refractivity contribution in [3.8, 4) is 22.6 Å². The lowest BCUT2D eigenvalue weighted by Crippen LogP contribution is -1.83.